The lowest BCUT2D eigenvalue weighted by Crippen LogP contribution is -2.63. The third-order valence-electron chi connectivity index (χ3n) is 11.5. The van der Waals surface area contributed by atoms with Gasteiger partial charge < -0.3 is 80.4 Å². The first kappa shape index (κ1) is 62.6. The molecule has 1 heterocycles. The van der Waals surface area contributed by atoms with Gasteiger partial charge in [-0.3, -0.25) is 48.1 Å². The number of carbonyl (C=O) groups is 9. The Morgan fingerprint density at radius 3 is 1.76 bits per heavy atom. The number of guanidine groups is 1. The van der Waals surface area contributed by atoms with Crippen LogP contribution in [0.2, 0.25) is 0 Å². The lowest BCUT2D eigenvalue weighted by atomic mass is 9.95. The second kappa shape index (κ2) is 30.3. The maximum Gasteiger partial charge on any atom is 0.245 e. The molecule has 1 saturated heterocycles. The molecule has 0 spiro atoms. The lowest BCUT2D eigenvalue weighted by molar-refractivity contribution is -0.138. The Labute approximate surface area is 415 Å². The van der Waals surface area contributed by atoms with E-state index in [2.05, 4.69) is 52.8 Å². The Kier molecular flexibility index (Phi) is 26.7. The first-order valence-corrected chi connectivity index (χ1v) is 23.4. The SMILES string of the molecule is C.CC[C@H](C)[C@@H]1NC(=O)[C@@H](CCCN=C(N)N)NC(=O)[C@H](CC(C)C)NC(=O)[C@H]([C@H](O)C(C)C)NC(=O)[C@@H](N)[C@@H](c2ccccc2)NC(=O)[C@H](CO)NC(=O)C(C)NC(=O)CNC(=O)[C@H]([C@H](C)O)NC1=O. The van der Waals surface area contributed by atoms with Gasteiger partial charge in [0.25, 0.3) is 0 Å². The fourth-order valence-electron chi connectivity index (χ4n) is 7.13. The van der Waals surface area contributed by atoms with Gasteiger partial charge >= 0.3 is 0 Å². The molecule has 12 atom stereocenters. The molecule has 0 bridgehead atoms. The molecular weight excluding hydrogens is 927 g/mol. The highest BCUT2D eigenvalue weighted by atomic mass is 16.3. The number of hydrogen-bond acceptors (Lipinski definition) is 14. The van der Waals surface area contributed by atoms with E-state index >= 15 is 0 Å². The Hall–Kier alpha value is -6.44. The second-order valence-electron chi connectivity index (χ2n) is 18.2. The molecule has 1 aliphatic rings. The smallest absolute Gasteiger partial charge is 0.245 e. The number of amides is 9. The molecule has 71 heavy (non-hydrogen) atoms. The zero-order chi connectivity index (χ0) is 53.0. The van der Waals surface area contributed by atoms with Crippen LogP contribution in [0.1, 0.15) is 100 Å². The van der Waals surface area contributed by atoms with Gasteiger partial charge in [-0.25, -0.2) is 0 Å². The van der Waals surface area contributed by atoms with Crippen molar-refractivity contribution in [3.8, 4) is 0 Å². The molecule has 0 radical (unpaired) electrons. The number of nitrogens with one attached hydrogen (secondary N) is 9. The van der Waals surface area contributed by atoms with Gasteiger partial charge in [0.2, 0.25) is 53.2 Å². The van der Waals surface area contributed by atoms with Gasteiger partial charge in [-0.1, -0.05) is 85.7 Å². The standard InChI is InChI=1S/C45H75N13O12.CH4/c1-9-23(6)32-43(69)56-33(25(8)60)42(68)50-19-30(61)51-24(7)37(63)54-29(20-59)40(66)57-34(26-14-11-10-12-15-26)31(46)41(67)58-35(36(62)22(4)5)44(70)53-28(18-21(2)3)39(65)52-27(38(64)55-32)16-13-17-49-45(47)48;/h10-12,14-15,21-25,27-29,31-36,59-60,62H,9,13,16-20,46H2,1-8H3,(H,50,68)(H,51,61)(H,52,65)(H,53,70)(H,54,63)(H,55,64)(H,56,69)(H,57,66)(H,58,67)(H4,47,48,49);1H4/t23-,24?,25-,27+,28-,29-,31-,32-,33-,34+,35-,36+;/m0./s1. The third-order valence-corrected chi connectivity index (χ3v) is 11.5. The highest BCUT2D eigenvalue weighted by molar-refractivity contribution is 5.98. The Morgan fingerprint density at radius 1 is 0.676 bits per heavy atom. The summed E-state index contributed by atoms with van der Waals surface area (Å²) < 4.78 is 0. The predicted octanol–water partition coefficient (Wildman–Crippen LogP) is -4.11. The van der Waals surface area contributed by atoms with Crippen molar-refractivity contribution in [2.75, 3.05) is 19.7 Å². The van der Waals surface area contributed by atoms with E-state index in [9.17, 15) is 58.5 Å². The number of aliphatic imine (C=N–C) groups is 1. The van der Waals surface area contributed by atoms with Crippen molar-refractivity contribution in [2.45, 2.75) is 155 Å². The number of rotatable bonds is 13. The highest BCUT2D eigenvalue weighted by Gasteiger charge is 2.39. The number of aliphatic hydroxyl groups excluding tert-OH is 3. The predicted molar refractivity (Wildman–Crippen MR) is 263 cm³/mol. The largest absolute Gasteiger partial charge is 0.394 e. The number of hydrogen-bond donors (Lipinski definition) is 15. The van der Waals surface area contributed by atoms with Crippen molar-refractivity contribution in [3.05, 3.63) is 35.9 Å². The van der Waals surface area contributed by atoms with E-state index in [4.69, 9.17) is 17.2 Å². The fraction of sp³-hybridized carbons (Fsp3) is 0.652. The summed E-state index contributed by atoms with van der Waals surface area (Å²) in [6, 6.07) is -5.75. The second-order valence-corrected chi connectivity index (χ2v) is 18.2. The molecule has 18 N–H and O–H groups in total. The maximum atomic E-state index is 14.3. The van der Waals surface area contributed by atoms with E-state index in [1.54, 1.807) is 59.7 Å². The number of benzene rings is 1. The average Bonchev–Trinajstić information content (AvgIpc) is 3.30. The molecule has 1 aliphatic heterocycles. The zero-order valence-corrected chi connectivity index (χ0v) is 41.1. The van der Waals surface area contributed by atoms with Crippen LogP contribution < -0.4 is 65.1 Å². The molecule has 1 fully saturated rings. The van der Waals surface area contributed by atoms with Crippen molar-refractivity contribution in [1.29, 1.82) is 0 Å². The van der Waals surface area contributed by atoms with Gasteiger partial charge in [-0.05, 0) is 56.4 Å². The molecule has 0 aliphatic carbocycles. The van der Waals surface area contributed by atoms with Crippen LogP contribution in [0.15, 0.2) is 35.3 Å². The van der Waals surface area contributed by atoms with Crippen molar-refractivity contribution >= 4 is 59.1 Å². The van der Waals surface area contributed by atoms with Gasteiger partial charge in [-0.15, -0.1) is 0 Å². The summed E-state index contributed by atoms with van der Waals surface area (Å²) in [6.07, 6.45) is -2.75. The summed E-state index contributed by atoms with van der Waals surface area (Å²) in [5.74, 6) is -10.3. The Morgan fingerprint density at radius 2 is 1.21 bits per heavy atom. The topological polar surface area (TPSA) is 413 Å². The highest BCUT2D eigenvalue weighted by Crippen LogP contribution is 2.18. The van der Waals surface area contributed by atoms with E-state index in [1.807, 2.05) is 0 Å². The van der Waals surface area contributed by atoms with E-state index < -0.39 is 145 Å². The van der Waals surface area contributed by atoms with Crippen molar-refractivity contribution in [2.24, 2.45) is 39.9 Å². The molecule has 25 heteroatoms. The van der Waals surface area contributed by atoms with Gasteiger partial charge in [0.1, 0.15) is 48.3 Å². The normalized spacial score (nSPS) is 26.7. The van der Waals surface area contributed by atoms with Crippen LogP contribution in [-0.2, 0) is 43.2 Å². The summed E-state index contributed by atoms with van der Waals surface area (Å²) in [6.45, 7) is 10.8. The summed E-state index contributed by atoms with van der Waals surface area (Å²) >= 11 is 0. The first-order valence-electron chi connectivity index (χ1n) is 23.4. The van der Waals surface area contributed by atoms with Crippen LogP contribution in [0.3, 0.4) is 0 Å². The van der Waals surface area contributed by atoms with Crippen LogP contribution in [-0.4, -0.2) is 155 Å². The van der Waals surface area contributed by atoms with E-state index in [0.717, 1.165) is 0 Å². The van der Waals surface area contributed by atoms with Crippen LogP contribution >= 0.6 is 0 Å². The summed E-state index contributed by atoms with van der Waals surface area (Å²) in [7, 11) is 0. The van der Waals surface area contributed by atoms with Crippen LogP contribution in [0, 0.1) is 17.8 Å². The quantitative estimate of drug-likeness (QED) is 0.0507. The first-order chi connectivity index (χ1) is 32.8. The van der Waals surface area contributed by atoms with Gasteiger partial charge in [-0.2, -0.15) is 0 Å². The molecule has 1 aromatic carbocycles. The monoisotopic (exact) mass is 1010 g/mol. The molecule has 9 amide bonds. The molecule has 1 aromatic rings. The Balaban J connectivity index is 0.0000252. The van der Waals surface area contributed by atoms with E-state index in [1.165, 1.54) is 26.0 Å². The Bertz CT molecular complexity index is 1990. The average molecular weight is 1010 g/mol. The van der Waals surface area contributed by atoms with Crippen LogP contribution in [0.25, 0.3) is 0 Å². The van der Waals surface area contributed by atoms with Crippen molar-refractivity contribution in [3.63, 3.8) is 0 Å². The van der Waals surface area contributed by atoms with E-state index in [-0.39, 0.29) is 50.7 Å². The minimum absolute atomic E-state index is 0. The van der Waals surface area contributed by atoms with Crippen LogP contribution in [0.4, 0.5) is 0 Å². The summed E-state index contributed by atoms with van der Waals surface area (Å²) in [5.41, 5.74) is 17.8. The molecule has 400 valence electrons. The van der Waals surface area contributed by atoms with Crippen LogP contribution in [0.5, 0.6) is 0 Å². The lowest BCUT2D eigenvalue weighted by Gasteiger charge is -2.32. The maximum absolute atomic E-state index is 14.3. The van der Waals surface area contributed by atoms with Crippen molar-refractivity contribution in [1.82, 2.24) is 47.9 Å². The van der Waals surface area contributed by atoms with Crippen molar-refractivity contribution < 1.29 is 58.5 Å². The molecule has 0 aromatic heterocycles. The number of aliphatic hydroxyl groups is 3. The minimum atomic E-state index is -1.75. The molecule has 2 rings (SSSR count). The van der Waals surface area contributed by atoms with Gasteiger partial charge in [0.05, 0.1) is 31.4 Å². The van der Waals surface area contributed by atoms with Gasteiger partial charge in [0.15, 0.2) is 5.96 Å². The summed E-state index contributed by atoms with van der Waals surface area (Å²) in [4.78, 5) is 128. The van der Waals surface area contributed by atoms with Gasteiger partial charge in [0, 0.05) is 6.54 Å². The number of nitrogens with zero attached hydrogens (tertiary/aromatic N) is 1. The zero-order valence-electron chi connectivity index (χ0n) is 41.1. The van der Waals surface area contributed by atoms with E-state index in [0.29, 0.717) is 6.42 Å². The number of nitrogens with two attached hydrogens (primary N) is 3. The minimum Gasteiger partial charge on any atom is -0.394 e. The molecule has 0 saturated carbocycles. The molecule has 1 unspecified atom stereocenters. The molecule has 25 nitrogen and oxygen atoms in total. The molecular formula is C46H79N13O12. The third kappa shape index (κ3) is 20.1. The summed E-state index contributed by atoms with van der Waals surface area (Å²) in [5, 5.41) is 54.4. The number of carbonyl (C=O) groups excluding carboxylic acids is 9. The fourth-order valence-corrected chi connectivity index (χ4v) is 7.13.